The highest BCUT2D eigenvalue weighted by atomic mass is 32.2. The molecule has 126 valence electrons. The second-order valence-corrected chi connectivity index (χ2v) is 7.84. The molecule has 0 spiro atoms. The minimum absolute atomic E-state index is 0.236. The van der Waals surface area contributed by atoms with E-state index in [4.69, 9.17) is 9.47 Å². The van der Waals surface area contributed by atoms with Crippen molar-refractivity contribution in [2.75, 3.05) is 25.1 Å². The average Bonchev–Trinajstić information content (AvgIpc) is 2.62. The number of nitrogens with one attached hydrogen (secondary N) is 1. The van der Waals surface area contributed by atoms with E-state index in [9.17, 15) is 4.21 Å². The lowest BCUT2D eigenvalue weighted by Crippen LogP contribution is -2.25. The maximum absolute atomic E-state index is 12.5. The van der Waals surface area contributed by atoms with E-state index < -0.39 is 10.8 Å². The molecule has 1 N–H and O–H groups in total. The molecule has 2 heterocycles. The zero-order chi connectivity index (χ0) is 15.9. The van der Waals surface area contributed by atoms with Gasteiger partial charge in [-0.3, -0.25) is 4.21 Å². The molecule has 0 unspecified atom stereocenters. The molecule has 4 nitrogen and oxygen atoms in total. The van der Waals surface area contributed by atoms with Crippen LogP contribution < -0.4 is 5.32 Å². The molecule has 0 amide bonds. The quantitative estimate of drug-likeness (QED) is 0.867. The van der Waals surface area contributed by atoms with Crippen LogP contribution in [0.3, 0.4) is 0 Å². The molecule has 23 heavy (non-hydrogen) atoms. The zero-order valence-corrected chi connectivity index (χ0v) is 14.2. The first-order valence-corrected chi connectivity index (χ1v) is 9.77. The van der Waals surface area contributed by atoms with Crippen molar-refractivity contribution in [3.8, 4) is 0 Å². The Labute approximate surface area is 140 Å². The van der Waals surface area contributed by atoms with Gasteiger partial charge in [0.1, 0.15) is 6.10 Å². The molecule has 0 radical (unpaired) electrons. The lowest BCUT2D eigenvalue weighted by atomic mass is 10.1. The first kappa shape index (κ1) is 16.5. The second-order valence-electron chi connectivity index (χ2n) is 6.13. The van der Waals surface area contributed by atoms with Crippen molar-refractivity contribution in [3.63, 3.8) is 0 Å². The predicted molar refractivity (Wildman–Crippen MR) is 93.9 cm³/mol. The third-order valence-electron chi connectivity index (χ3n) is 4.33. The van der Waals surface area contributed by atoms with Crippen molar-refractivity contribution >= 4 is 16.5 Å². The molecule has 0 bridgehead atoms. The Kier molecular flexibility index (Phi) is 6.11. The van der Waals surface area contributed by atoms with Gasteiger partial charge in [-0.1, -0.05) is 12.1 Å². The molecule has 0 saturated carbocycles. The van der Waals surface area contributed by atoms with Crippen molar-refractivity contribution in [3.05, 3.63) is 42.2 Å². The van der Waals surface area contributed by atoms with Gasteiger partial charge >= 0.3 is 0 Å². The highest BCUT2D eigenvalue weighted by Crippen LogP contribution is 2.19. The predicted octanol–water partition coefficient (Wildman–Crippen LogP) is 3.22. The molecule has 2 aliphatic rings. The van der Waals surface area contributed by atoms with Crippen molar-refractivity contribution in [1.29, 1.82) is 0 Å². The van der Waals surface area contributed by atoms with Gasteiger partial charge in [0.05, 0.1) is 12.8 Å². The number of ether oxygens (including phenoxy) is 2. The van der Waals surface area contributed by atoms with E-state index in [1.54, 1.807) is 6.26 Å². The van der Waals surface area contributed by atoms with Crippen LogP contribution in [0.5, 0.6) is 0 Å². The van der Waals surface area contributed by atoms with Crippen molar-refractivity contribution in [2.24, 2.45) is 0 Å². The van der Waals surface area contributed by atoms with Crippen LogP contribution in [0.2, 0.25) is 0 Å². The van der Waals surface area contributed by atoms with Crippen LogP contribution in [0.4, 0.5) is 5.69 Å². The first-order valence-electron chi connectivity index (χ1n) is 8.39. The topological polar surface area (TPSA) is 47.6 Å². The van der Waals surface area contributed by atoms with Crippen molar-refractivity contribution in [1.82, 2.24) is 0 Å². The summed E-state index contributed by atoms with van der Waals surface area (Å²) in [5, 5.41) is 3.71. The zero-order valence-electron chi connectivity index (χ0n) is 13.4. The Balaban J connectivity index is 1.52. The lowest BCUT2D eigenvalue weighted by Gasteiger charge is -2.22. The van der Waals surface area contributed by atoms with Crippen LogP contribution in [-0.2, 0) is 26.0 Å². The molecule has 2 atom stereocenters. The van der Waals surface area contributed by atoms with Gasteiger partial charge in [0.2, 0.25) is 0 Å². The number of benzene rings is 1. The monoisotopic (exact) mass is 335 g/mol. The number of rotatable bonds is 6. The van der Waals surface area contributed by atoms with Crippen LogP contribution >= 0.6 is 0 Å². The standard InChI is InChI=1S/C18H25NO3S/c20-23(18-7-10-21-11-8-18)14-15-4-3-5-16(12-15)19-13-17-6-1-2-9-22-17/h2-5,9,12,17-19H,1,6-8,10-11,13-14H2/t17-,23-/m1/s1. The summed E-state index contributed by atoms with van der Waals surface area (Å²) in [6.07, 6.45) is 8.05. The Hall–Kier alpha value is -1.33. The van der Waals surface area contributed by atoms with E-state index in [0.717, 1.165) is 56.7 Å². The fourth-order valence-electron chi connectivity index (χ4n) is 2.96. The van der Waals surface area contributed by atoms with Crippen molar-refractivity contribution in [2.45, 2.75) is 42.8 Å². The normalized spacial score (nSPS) is 23.2. The Morgan fingerprint density at radius 1 is 1.22 bits per heavy atom. The van der Waals surface area contributed by atoms with Gasteiger partial charge < -0.3 is 14.8 Å². The van der Waals surface area contributed by atoms with Crippen molar-refractivity contribution < 1.29 is 13.7 Å². The highest BCUT2D eigenvalue weighted by molar-refractivity contribution is 7.84. The summed E-state index contributed by atoms with van der Waals surface area (Å²) in [4.78, 5) is 0. The molecular weight excluding hydrogens is 310 g/mol. The molecule has 0 aliphatic carbocycles. The average molecular weight is 335 g/mol. The molecule has 2 aliphatic heterocycles. The molecule has 1 aromatic rings. The van der Waals surface area contributed by atoms with E-state index in [1.807, 2.05) is 6.07 Å². The molecule has 5 heteroatoms. The molecule has 1 saturated heterocycles. The lowest BCUT2D eigenvalue weighted by molar-refractivity contribution is 0.0992. The third-order valence-corrected chi connectivity index (χ3v) is 6.17. The van der Waals surface area contributed by atoms with E-state index in [1.165, 1.54) is 0 Å². The summed E-state index contributed by atoms with van der Waals surface area (Å²) in [5.74, 6) is 0.628. The molecular formula is C18H25NO3S. The van der Waals surface area contributed by atoms with Gasteiger partial charge in [-0.25, -0.2) is 0 Å². The van der Waals surface area contributed by atoms with Crippen LogP contribution in [0.1, 0.15) is 31.2 Å². The molecule has 1 fully saturated rings. The summed E-state index contributed by atoms with van der Waals surface area (Å²) in [5.41, 5.74) is 2.20. The van der Waals surface area contributed by atoms with Crippen LogP contribution in [-0.4, -0.2) is 35.3 Å². The first-order chi connectivity index (χ1) is 11.3. The van der Waals surface area contributed by atoms with Gasteiger partial charge in [-0.15, -0.1) is 0 Å². The van der Waals surface area contributed by atoms with E-state index >= 15 is 0 Å². The summed E-state index contributed by atoms with van der Waals surface area (Å²) in [6.45, 7) is 2.29. The van der Waals surface area contributed by atoms with Crippen LogP contribution in [0, 0.1) is 0 Å². The summed E-state index contributed by atoms with van der Waals surface area (Å²) < 4.78 is 23.4. The number of hydrogen-bond acceptors (Lipinski definition) is 4. The third kappa shape index (κ3) is 5.08. The maximum atomic E-state index is 12.5. The van der Waals surface area contributed by atoms with Gasteiger partial charge in [-0.05, 0) is 49.5 Å². The summed E-state index contributed by atoms with van der Waals surface area (Å²) >= 11 is 0. The van der Waals surface area contributed by atoms with Crippen LogP contribution in [0.25, 0.3) is 0 Å². The largest absolute Gasteiger partial charge is 0.497 e. The van der Waals surface area contributed by atoms with Crippen LogP contribution in [0.15, 0.2) is 36.6 Å². The number of anilines is 1. The summed E-state index contributed by atoms with van der Waals surface area (Å²) in [7, 11) is -0.816. The fraction of sp³-hybridized carbons (Fsp3) is 0.556. The summed E-state index contributed by atoms with van der Waals surface area (Å²) in [6, 6.07) is 8.25. The minimum atomic E-state index is -0.816. The Morgan fingerprint density at radius 3 is 2.87 bits per heavy atom. The minimum Gasteiger partial charge on any atom is -0.497 e. The van der Waals surface area contributed by atoms with Gasteiger partial charge in [-0.2, -0.15) is 0 Å². The number of allylic oxidation sites excluding steroid dienone is 1. The van der Waals surface area contributed by atoms with Gasteiger partial charge in [0.25, 0.3) is 0 Å². The molecule has 0 aromatic heterocycles. The smallest absolute Gasteiger partial charge is 0.115 e. The molecule has 1 aromatic carbocycles. The van der Waals surface area contributed by atoms with E-state index in [0.29, 0.717) is 5.75 Å². The van der Waals surface area contributed by atoms with E-state index in [2.05, 4.69) is 29.6 Å². The number of hydrogen-bond donors (Lipinski definition) is 1. The molecule has 3 rings (SSSR count). The van der Waals surface area contributed by atoms with Gasteiger partial charge in [0.15, 0.2) is 0 Å². The second kappa shape index (κ2) is 8.50. The van der Waals surface area contributed by atoms with E-state index in [-0.39, 0.29) is 11.4 Å². The SMILES string of the molecule is O=[S@](Cc1cccc(NC[C@H]2CCC=CO2)c1)C1CCOCC1. The maximum Gasteiger partial charge on any atom is 0.115 e. The Bertz CT molecular complexity index is 555. The fourth-order valence-corrected chi connectivity index (χ4v) is 4.42. The Morgan fingerprint density at radius 2 is 2.09 bits per heavy atom. The van der Waals surface area contributed by atoms with Gasteiger partial charge in [0, 0.05) is 40.7 Å². The highest BCUT2D eigenvalue weighted by Gasteiger charge is 2.20.